The highest BCUT2D eigenvalue weighted by Gasteiger charge is 2.22. The first-order valence-electron chi connectivity index (χ1n) is 15.0. The van der Waals surface area contributed by atoms with E-state index >= 15 is 0 Å². The zero-order valence-corrected chi connectivity index (χ0v) is 22.7. The molecule has 2 rings (SSSR count). The van der Waals surface area contributed by atoms with Crippen LogP contribution < -0.4 is 4.57 Å². The van der Waals surface area contributed by atoms with Gasteiger partial charge in [-0.3, -0.25) is 0 Å². The Hall–Kier alpha value is -1.57. The minimum atomic E-state index is 0.670. The van der Waals surface area contributed by atoms with E-state index in [9.17, 15) is 0 Å². The maximum absolute atomic E-state index is 3.63. The lowest BCUT2D eigenvalue weighted by Gasteiger charge is -2.14. The van der Waals surface area contributed by atoms with Crippen LogP contribution in [0.5, 0.6) is 0 Å². The SMILES string of the molecule is CCCCCCCCCCCCCCC[C@H](CCCCCC)c1[nH]cc[n+]1Cc1ccccc1. The fourth-order valence-electron chi connectivity index (χ4n) is 5.29. The van der Waals surface area contributed by atoms with Gasteiger partial charge in [0.1, 0.15) is 18.9 Å². The molecule has 0 saturated heterocycles. The van der Waals surface area contributed by atoms with Crippen LogP contribution in [0.2, 0.25) is 0 Å². The Morgan fingerprint density at radius 2 is 1.09 bits per heavy atom. The van der Waals surface area contributed by atoms with Crippen molar-refractivity contribution in [1.29, 1.82) is 0 Å². The molecule has 0 fully saturated rings. The minimum Gasteiger partial charge on any atom is -0.247 e. The van der Waals surface area contributed by atoms with Gasteiger partial charge in [0, 0.05) is 0 Å². The predicted molar refractivity (Wildman–Crippen MR) is 148 cm³/mol. The number of hydrogen-bond donors (Lipinski definition) is 1. The van der Waals surface area contributed by atoms with Crippen molar-refractivity contribution in [2.75, 3.05) is 0 Å². The van der Waals surface area contributed by atoms with E-state index in [1.807, 2.05) is 0 Å². The molecule has 1 aromatic heterocycles. The Morgan fingerprint density at radius 3 is 1.62 bits per heavy atom. The smallest absolute Gasteiger partial charge is 0.247 e. The van der Waals surface area contributed by atoms with Gasteiger partial charge in [-0.25, -0.2) is 9.55 Å². The average Bonchev–Trinajstić information content (AvgIpc) is 3.31. The molecule has 1 aromatic carbocycles. The number of rotatable bonds is 22. The number of benzene rings is 1. The van der Waals surface area contributed by atoms with Gasteiger partial charge in [-0.2, -0.15) is 0 Å². The molecule has 0 aliphatic rings. The Kier molecular flexibility index (Phi) is 16.6. The van der Waals surface area contributed by atoms with Crippen LogP contribution in [0.1, 0.15) is 153 Å². The van der Waals surface area contributed by atoms with Crippen LogP contribution in [-0.2, 0) is 6.54 Å². The molecular weight excluding hydrogens is 412 g/mol. The first-order chi connectivity index (χ1) is 16.8. The summed E-state index contributed by atoms with van der Waals surface area (Å²) in [7, 11) is 0. The molecule has 1 N–H and O–H groups in total. The highest BCUT2D eigenvalue weighted by atomic mass is 15.1. The van der Waals surface area contributed by atoms with Crippen LogP contribution in [0.4, 0.5) is 0 Å². The average molecular weight is 468 g/mol. The number of aromatic nitrogens is 2. The predicted octanol–water partition coefficient (Wildman–Crippen LogP) is 9.89. The molecule has 0 aliphatic heterocycles. The van der Waals surface area contributed by atoms with Crippen molar-refractivity contribution < 1.29 is 4.57 Å². The van der Waals surface area contributed by atoms with Crippen LogP contribution >= 0.6 is 0 Å². The fraction of sp³-hybridized carbons (Fsp3) is 0.719. The second-order valence-electron chi connectivity index (χ2n) is 10.5. The van der Waals surface area contributed by atoms with Gasteiger partial charge in [-0.05, 0) is 18.4 Å². The van der Waals surface area contributed by atoms with Crippen LogP contribution in [0, 0.1) is 0 Å². The first kappa shape index (κ1) is 28.7. The van der Waals surface area contributed by atoms with E-state index in [1.165, 1.54) is 133 Å². The lowest BCUT2D eigenvalue weighted by molar-refractivity contribution is -0.695. The molecule has 0 aliphatic carbocycles. The lowest BCUT2D eigenvalue weighted by atomic mass is 9.93. The van der Waals surface area contributed by atoms with Crippen molar-refractivity contribution in [2.24, 2.45) is 0 Å². The number of unbranched alkanes of at least 4 members (excludes halogenated alkanes) is 15. The molecule has 0 saturated carbocycles. The van der Waals surface area contributed by atoms with Crippen molar-refractivity contribution in [2.45, 2.75) is 148 Å². The molecule has 0 bridgehead atoms. The molecule has 192 valence electrons. The van der Waals surface area contributed by atoms with Gasteiger partial charge >= 0.3 is 0 Å². The molecule has 2 nitrogen and oxygen atoms in total. The largest absolute Gasteiger partial charge is 0.257 e. The Balaban J connectivity index is 1.67. The van der Waals surface area contributed by atoms with Gasteiger partial charge in [-0.15, -0.1) is 0 Å². The summed E-state index contributed by atoms with van der Waals surface area (Å²) in [6.07, 6.45) is 31.1. The maximum Gasteiger partial charge on any atom is 0.257 e. The molecule has 0 radical (unpaired) electrons. The van der Waals surface area contributed by atoms with Crippen molar-refractivity contribution in [3.63, 3.8) is 0 Å². The minimum absolute atomic E-state index is 0.670. The number of aromatic amines is 1. The molecule has 0 spiro atoms. The normalized spacial score (nSPS) is 12.3. The van der Waals surface area contributed by atoms with E-state index in [2.05, 4.69) is 66.1 Å². The highest BCUT2D eigenvalue weighted by Crippen LogP contribution is 2.26. The number of hydrogen-bond acceptors (Lipinski definition) is 0. The summed E-state index contributed by atoms with van der Waals surface area (Å²) < 4.78 is 2.46. The quantitative estimate of drug-likeness (QED) is 0.131. The summed E-state index contributed by atoms with van der Waals surface area (Å²) in [5.74, 6) is 2.11. The molecule has 1 heterocycles. The summed E-state index contributed by atoms with van der Waals surface area (Å²) in [6, 6.07) is 10.9. The monoisotopic (exact) mass is 467 g/mol. The number of nitrogens with zero attached hydrogens (tertiary/aromatic N) is 1. The standard InChI is InChI=1S/C32H54N2/c1-3-5-7-9-10-11-12-13-14-15-16-17-22-26-31(25-21-8-6-4-2)32-33-27-28-34(32)29-30-23-19-18-20-24-30/h18-20,23-24,27-28,31H,3-17,21-22,25-26,29H2,1-2H3/p+1/t31-/m0/s1. The molecular formula is C32H55N2+. The van der Waals surface area contributed by atoms with E-state index < -0.39 is 0 Å². The summed E-state index contributed by atoms with van der Waals surface area (Å²) in [5, 5.41) is 0. The summed E-state index contributed by atoms with van der Waals surface area (Å²) >= 11 is 0. The van der Waals surface area contributed by atoms with Crippen molar-refractivity contribution in [3.05, 3.63) is 54.1 Å². The molecule has 2 aromatic rings. The fourth-order valence-corrected chi connectivity index (χ4v) is 5.29. The van der Waals surface area contributed by atoms with Crippen molar-refractivity contribution >= 4 is 0 Å². The Morgan fingerprint density at radius 1 is 0.618 bits per heavy atom. The van der Waals surface area contributed by atoms with Gasteiger partial charge in [-0.1, -0.05) is 153 Å². The summed E-state index contributed by atoms with van der Waals surface area (Å²) in [4.78, 5) is 3.63. The third-order valence-electron chi connectivity index (χ3n) is 7.44. The zero-order valence-electron chi connectivity index (χ0n) is 22.7. The van der Waals surface area contributed by atoms with Crippen LogP contribution in [-0.4, -0.2) is 4.98 Å². The molecule has 2 heteroatoms. The zero-order chi connectivity index (χ0) is 24.1. The van der Waals surface area contributed by atoms with Crippen LogP contribution in [0.3, 0.4) is 0 Å². The van der Waals surface area contributed by atoms with Gasteiger partial charge in [0.2, 0.25) is 0 Å². The van der Waals surface area contributed by atoms with E-state index in [4.69, 9.17) is 0 Å². The van der Waals surface area contributed by atoms with Crippen molar-refractivity contribution in [3.8, 4) is 0 Å². The summed E-state index contributed by atoms with van der Waals surface area (Å²) in [6.45, 7) is 5.59. The van der Waals surface area contributed by atoms with Crippen molar-refractivity contribution in [1.82, 2.24) is 4.98 Å². The van der Waals surface area contributed by atoms with Gasteiger partial charge in [0.05, 0.1) is 5.92 Å². The number of imidazole rings is 1. The number of H-pyrrole nitrogens is 1. The maximum atomic E-state index is 3.63. The molecule has 0 amide bonds. The number of nitrogens with one attached hydrogen (secondary N) is 1. The van der Waals surface area contributed by atoms with Crippen LogP contribution in [0.25, 0.3) is 0 Å². The second-order valence-corrected chi connectivity index (χ2v) is 10.5. The van der Waals surface area contributed by atoms with E-state index in [1.54, 1.807) is 0 Å². The highest BCUT2D eigenvalue weighted by molar-refractivity contribution is 5.13. The van der Waals surface area contributed by atoms with E-state index in [-0.39, 0.29) is 0 Å². The topological polar surface area (TPSA) is 19.7 Å². The molecule has 34 heavy (non-hydrogen) atoms. The Labute approximate surface area is 212 Å². The third kappa shape index (κ3) is 12.8. The third-order valence-corrected chi connectivity index (χ3v) is 7.44. The van der Waals surface area contributed by atoms with Gasteiger partial charge in [0.15, 0.2) is 0 Å². The van der Waals surface area contributed by atoms with E-state index in [0.29, 0.717) is 5.92 Å². The van der Waals surface area contributed by atoms with E-state index in [0.717, 1.165) is 6.54 Å². The van der Waals surface area contributed by atoms with Crippen LogP contribution in [0.15, 0.2) is 42.7 Å². The lowest BCUT2D eigenvalue weighted by Crippen LogP contribution is -2.38. The van der Waals surface area contributed by atoms with Gasteiger partial charge < -0.3 is 0 Å². The second kappa shape index (κ2) is 19.7. The Bertz CT molecular complexity index is 690. The first-order valence-corrected chi connectivity index (χ1v) is 15.0. The molecule has 0 unspecified atom stereocenters. The summed E-state index contributed by atoms with van der Waals surface area (Å²) in [5.41, 5.74) is 1.39. The molecule has 1 atom stereocenters. The van der Waals surface area contributed by atoms with Gasteiger partial charge in [0.25, 0.3) is 5.82 Å².